The normalized spacial score (nSPS) is 12.2. The van der Waals surface area contributed by atoms with Gasteiger partial charge in [0.15, 0.2) is 0 Å². The molecule has 1 aromatic carbocycles. The van der Waals surface area contributed by atoms with E-state index in [1.54, 1.807) is 32.2 Å². The lowest BCUT2D eigenvalue weighted by Gasteiger charge is -2.16. The third-order valence-corrected chi connectivity index (χ3v) is 2.65. The summed E-state index contributed by atoms with van der Waals surface area (Å²) in [4.78, 5) is 11.6. The summed E-state index contributed by atoms with van der Waals surface area (Å²) in [6.45, 7) is 2.09. The van der Waals surface area contributed by atoms with E-state index < -0.39 is 6.04 Å². The summed E-state index contributed by atoms with van der Waals surface area (Å²) >= 11 is 11.8. The number of carbonyl (C=O) groups is 1. The van der Waals surface area contributed by atoms with Gasteiger partial charge in [-0.05, 0) is 31.7 Å². The summed E-state index contributed by atoms with van der Waals surface area (Å²) < 4.78 is 4.94. The standard InChI is InChI=1S/C11H13Cl2NO2/c1-3-16-11(15)10(14-2)8-5-4-7(12)6-9(8)13/h4-6,10,14H,3H2,1-2H3. The van der Waals surface area contributed by atoms with E-state index in [9.17, 15) is 4.79 Å². The minimum atomic E-state index is -0.565. The van der Waals surface area contributed by atoms with Gasteiger partial charge in [0.05, 0.1) is 6.61 Å². The molecule has 1 rings (SSSR count). The maximum Gasteiger partial charge on any atom is 0.327 e. The molecule has 5 heteroatoms. The van der Waals surface area contributed by atoms with E-state index in [2.05, 4.69) is 5.32 Å². The smallest absolute Gasteiger partial charge is 0.327 e. The largest absolute Gasteiger partial charge is 0.465 e. The van der Waals surface area contributed by atoms with Gasteiger partial charge in [0.1, 0.15) is 6.04 Å². The van der Waals surface area contributed by atoms with E-state index in [-0.39, 0.29) is 5.97 Å². The van der Waals surface area contributed by atoms with Crippen LogP contribution in [0.3, 0.4) is 0 Å². The highest BCUT2D eigenvalue weighted by atomic mass is 35.5. The number of halogens is 2. The summed E-state index contributed by atoms with van der Waals surface area (Å²) in [5.41, 5.74) is 0.659. The molecule has 0 radical (unpaired) electrons. The topological polar surface area (TPSA) is 38.3 Å². The Bertz CT molecular complexity index is 382. The molecule has 0 bridgehead atoms. The molecule has 0 amide bonds. The van der Waals surface area contributed by atoms with E-state index >= 15 is 0 Å². The molecule has 0 aromatic heterocycles. The van der Waals surface area contributed by atoms with Gasteiger partial charge < -0.3 is 10.1 Å². The first-order valence-electron chi connectivity index (χ1n) is 4.89. The Hall–Kier alpha value is -0.770. The van der Waals surface area contributed by atoms with E-state index in [1.807, 2.05) is 0 Å². The number of hydrogen-bond acceptors (Lipinski definition) is 3. The minimum absolute atomic E-state index is 0.336. The van der Waals surface area contributed by atoms with Crippen molar-refractivity contribution >= 4 is 29.2 Å². The molecule has 1 aromatic rings. The number of esters is 1. The third-order valence-electron chi connectivity index (χ3n) is 2.08. The van der Waals surface area contributed by atoms with Crippen molar-refractivity contribution in [1.82, 2.24) is 5.32 Å². The van der Waals surface area contributed by atoms with Crippen LogP contribution in [-0.4, -0.2) is 19.6 Å². The maximum atomic E-state index is 11.6. The fraction of sp³-hybridized carbons (Fsp3) is 0.364. The van der Waals surface area contributed by atoms with Gasteiger partial charge in [-0.3, -0.25) is 0 Å². The lowest BCUT2D eigenvalue weighted by molar-refractivity contribution is -0.145. The molecule has 1 N–H and O–H groups in total. The second-order valence-corrected chi connectivity index (χ2v) is 3.98. The van der Waals surface area contributed by atoms with Crippen molar-refractivity contribution in [3.8, 4) is 0 Å². The van der Waals surface area contributed by atoms with Gasteiger partial charge >= 0.3 is 5.97 Å². The van der Waals surface area contributed by atoms with Crippen LogP contribution in [-0.2, 0) is 9.53 Å². The molecule has 0 heterocycles. The van der Waals surface area contributed by atoms with Gasteiger partial charge in [-0.1, -0.05) is 29.3 Å². The first-order chi connectivity index (χ1) is 7.60. The Labute approximate surface area is 105 Å². The second kappa shape index (κ2) is 6.09. The van der Waals surface area contributed by atoms with Crippen LogP contribution < -0.4 is 5.32 Å². The molecule has 0 aliphatic heterocycles. The van der Waals surface area contributed by atoms with Crippen LogP contribution in [0.2, 0.25) is 10.0 Å². The van der Waals surface area contributed by atoms with E-state index in [0.29, 0.717) is 22.2 Å². The third kappa shape index (κ3) is 3.11. The molecule has 88 valence electrons. The Kier molecular flexibility index (Phi) is 5.06. The molecule has 3 nitrogen and oxygen atoms in total. The fourth-order valence-electron chi connectivity index (χ4n) is 1.36. The van der Waals surface area contributed by atoms with E-state index in [1.165, 1.54) is 0 Å². The summed E-state index contributed by atoms with van der Waals surface area (Å²) in [6.07, 6.45) is 0. The van der Waals surface area contributed by atoms with Gasteiger partial charge in [0, 0.05) is 10.0 Å². The van der Waals surface area contributed by atoms with Crippen LogP contribution in [0.25, 0.3) is 0 Å². The number of rotatable bonds is 4. The van der Waals surface area contributed by atoms with Gasteiger partial charge in [0.2, 0.25) is 0 Å². The van der Waals surface area contributed by atoms with E-state index in [0.717, 1.165) is 0 Å². The zero-order valence-corrected chi connectivity index (χ0v) is 10.6. The van der Waals surface area contributed by atoms with Crippen LogP contribution in [0.5, 0.6) is 0 Å². The fourth-order valence-corrected chi connectivity index (χ4v) is 1.88. The molecule has 0 fully saturated rings. The second-order valence-electron chi connectivity index (χ2n) is 3.14. The average Bonchev–Trinajstić information content (AvgIpc) is 2.22. The Morgan fingerprint density at radius 2 is 2.19 bits per heavy atom. The molecule has 0 saturated heterocycles. The molecular formula is C11H13Cl2NO2. The molecule has 16 heavy (non-hydrogen) atoms. The first-order valence-corrected chi connectivity index (χ1v) is 5.64. The Balaban J connectivity index is 2.99. The Morgan fingerprint density at radius 1 is 1.50 bits per heavy atom. The van der Waals surface area contributed by atoms with Crippen LogP contribution in [0.4, 0.5) is 0 Å². The number of benzene rings is 1. The number of hydrogen-bond donors (Lipinski definition) is 1. The predicted molar refractivity (Wildman–Crippen MR) is 64.9 cm³/mol. The monoisotopic (exact) mass is 261 g/mol. The molecule has 0 aliphatic rings. The zero-order chi connectivity index (χ0) is 12.1. The zero-order valence-electron chi connectivity index (χ0n) is 9.09. The molecule has 0 saturated carbocycles. The lowest BCUT2D eigenvalue weighted by atomic mass is 10.1. The van der Waals surface area contributed by atoms with Crippen molar-refractivity contribution in [3.63, 3.8) is 0 Å². The van der Waals surface area contributed by atoms with Crippen molar-refractivity contribution in [2.45, 2.75) is 13.0 Å². The van der Waals surface area contributed by atoms with Crippen molar-refractivity contribution in [2.75, 3.05) is 13.7 Å². The highest BCUT2D eigenvalue weighted by Gasteiger charge is 2.22. The first kappa shape index (κ1) is 13.3. The Morgan fingerprint density at radius 3 is 2.69 bits per heavy atom. The van der Waals surface area contributed by atoms with Crippen molar-refractivity contribution in [3.05, 3.63) is 33.8 Å². The number of carbonyl (C=O) groups excluding carboxylic acids is 1. The molecule has 0 aliphatic carbocycles. The maximum absolute atomic E-state index is 11.6. The van der Waals surface area contributed by atoms with Crippen molar-refractivity contribution in [1.29, 1.82) is 0 Å². The molecule has 1 unspecified atom stereocenters. The molecular weight excluding hydrogens is 249 g/mol. The summed E-state index contributed by atoms with van der Waals surface area (Å²) in [7, 11) is 1.67. The number of nitrogens with one attached hydrogen (secondary N) is 1. The molecule has 1 atom stereocenters. The van der Waals surface area contributed by atoms with Gasteiger partial charge in [0.25, 0.3) is 0 Å². The van der Waals surface area contributed by atoms with Crippen molar-refractivity contribution in [2.24, 2.45) is 0 Å². The summed E-state index contributed by atoms with van der Waals surface area (Å²) in [6, 6.07) is 4.43. The van der Waals surface area contributed by atoms with Crippen LogP contribution in [0.15, 0.2) is 18.2 Å². The lowest BCUT2D eigenvalue weighted by Crippen LogP contribution is -2.27. The van der Waals surface area contributed by atoms with Crippen LogP contribution >= 0.6 is 23.2 Å². The summed E-state index contributed by atoms with van der Waals surface area (Å²) in [5, 5.41) is 3.84. The van der Waals surface area contributed by atoms with E-state index in [4.69, 9.17) is 27.9 Å². The predicted octanol–water partition coefficient (Wildman–Crippen LogP) is 2.82. The molecule has 0 spiro atoms. The quantitative estimate of drug-likeness (QED) is 0.848. The van der Waals surface area contributed by atoms with Gasteiger partial charge in [-0.25, -0.2) is 4.79 Å². The highest BCUT2D eigenvalue weighted by Crippen LogP contribution is 2.26. The minimum Gasteiger partial charge on any atom is -0.465 e. The van der Waals surface area contributed by atoms with Crippen LogP contribution in [0.1, 0.15) is 18.5 Å². The number of ether oxygens (including phenoxy) is 1. The average molecular weight is 262 g/mol. The summed E-state index contributed by atoms with van der Waals surface area (Å²) in [5.74, 6) is -0.353. The van der Waals surface area contributed by atoms with Gasteiger partial charge in [-0.15, -0.1) is 0 Å². The highest BCUT2D eigenvalue weighted by molar-refractivity contribution is 6.35. The van der Waals surface area contributed by atoms with Crippen LogP contribution in [0, 0.1) is 0 Å². The SMILES string of the molecule is CCOC(=O)C(NC)c1ccc(Cl)cc1Cl. The van der Waals surface area contributed by atoms with Crippen molar-refractivity contribution < 1.29 is 9.53 Å². The van der Waals surface area contributed by atoms with Gasteiger partial charge in [-0.2, -0.15) is 0 Å². The number of likely N-dealkylation sites (N-methyl/N-ethyl adjacent to an activating group) is 1.